The molecule has 0 aromatic heterocycles. The minimum absolute atomic E-state index is 0.0817. The van der Waals surface area contributed by atoms with Gasteiger partial charge in [0.2, 0.25) is 0 Å². The van der Waals surface area contributed by atoms with Crippen molar-refractivity contribution >= 4 is 5.91 Å². The zero-order valence-electron chi connectivity index (χ0n) is 20.7. The molecule has 0 aliphatic heterocycles. The fraction of sp³-hybridized carbons (Fsp3) is 0.621. The maximum absolute atomic E-state index is 13.3. The van der Waals surface area contributed by atoms with Gasteiger partial charge in [-0.25, -0.2) is 0 Å². The number of ether oxygens (including phenoxy) is 1. The molecule has 0 bridgehead atoms. The lowest BCUT2D eigenvalue weighted by molar-refractivity contribution is -0.118. The van der Waals surface area contributed by atoms with Gasteiger partial charge in [-0.3, -0.25) is 4.79 Å². The molecule has 1 aromatic rings. The summed E-state index contributed by atoms with van der Waals surface area (Å²) in [4.78, 5) is 13.3. The quantitative estimate of drug-likeness (QED) is 0.374. The molecule has 1 aromatic carbocycles. The maximum atomic E-state index is 13.3. The van der Waals surface area contributed by atoms with Crippen molar-refractivity contribution in [1.82, 2.24) is 10.6 Å². The molecule has 4 nitrogen and oxygen atoms in total. The number of amides is 1. The Hall–Kier alpha value is -1.91. The molecule has 0 radical (unpaired) electrons. The van der Waals surface area contributed by atoms with Crippen LogP contribution in [-0.4, -0.2) is 39.3 Å². The average Bonchev–Trinajstić information content (AvgIpc) is 2.85. The second-order valence-electron chi connectivity index (χ2n) is 9.90. The number of nitrogens with one attached hydrogen (secondary N) is 2. The first-order chi connectivity index (χ1) is 16.2. The van der Waals surface area contributed by atoms with Crippen LogP contribution in [0.15, 0.2) is 54.1 Å². The summed E-state index contributed by atoms with van der Waals surface area (Å²) in [7, 11) is 3.74. The second kappa shape index (κ2) is 14.4. The molecule has 2 aliphatic carbocycles. The normalized spacial score (nSPS) is 20.8. The third-order valence-electron chi connectivity index (χ3n) is 7.35. The molecule has 3 rings (SSSR count). The van der Waals surface area contributed by atoms with Gasteiger partial charge in [-0.1, -0.05) is 87.1 Å². The van der Waals surface area contributed by atoms with Crippen molar-refractivity contribution in [1.29, 1.82) is 0 Å². The molecule has 33 heavy (non-hydrogen) atoms. The van der Waals surface area contributed by atoms with E-state index in [-0.39, 0.29) is 11.9 Å². The summed E-state index contributed by atoms with van der Waals surface area (Å²) in [5.74, 6) is 1.60. The first-order valence-electron chi connectivity index (χ1n) is 13.1. The van der Waals surface area contributed by atoms with Crippen LogP contribution in [0.5, 0.6) is 0 Å². The number of carbonyl (C=O) groups is 1. The van der Waals surface area contributed by atoms with Gasteiger partial charge in [0.1, 0.15) is 0 Å². The van der Waals surface area contributed by atoms with Gasteiger partial charge in [-0.2, -0.15) is 0 Å². The summed E-state index contributed by atoms with van der Waals surface area (Å²) < 4.78 is 5.25. The van der Waals surface area contributed by atoms with E-state index in [4.69, 9.17) is 4.74 Å². The Balaban J connectivity index is 1.66. The smallest absolute Gasteiger partial charge is 0.251 e. The molecule has 182 valence electrons. The first-order valence-corrected chi connectivity index (χ1v) is 13.1. The number of unbranched alkanes of at least 4 members (excludes halogenated alkanes) is 1. The fourth-order valence-electron chi connectivity index (χ4n) is 5.61. The molecule has 3 atom stereocenters. The van der Waals surface area contributed by atoms with Gasteiger partial charge in [0, 0.05) is 31.9 Å². The van der Waals surface area contributed by atoms with Crippen LogP contribution < -0.4 is 10.6 Å². The Morgan fingerprint density at radius 1 is 1.12 bits per heavy atom. The van der Waals surface area contributed by atoms with Crippen LogP contribution in [0.1, 0.15) is 75.7 Å². The first kappa shape index (κ1) is 25.7. The van der Waals surface area contributed by atoms with E-state index in [9.17, 15) is 4.79 Å². The zero-order chi connectivity index (χ0) is 23.3. The Kier molecular flexibility index (Phi) is 11.2. The van der Waals surface area contributed by atoms with Gasteiger partial charge < -0.3 is 15.4 Å². The van der Waals surface area contributed by atoms with Gasteiger partial charge in [0.15, 0.2) is 0 Å². The largest absolute Gasteiger partial charge is 0.385 e. The van der Waals surface area contributed by atoms with Crippen LogP contribution in [0.2, 0.25) is 0 Å². The summed E-state index contributed by atoms with van der Waals surface area (Å²) in [6, 6.07) is 11.0. The SMILES string of the molecule is CNC[C@H](CC1CCCCC1)NC(=O)C1=CC([C@@H](CCCCOC)c2ccccc2)CC=C1. The van der Waals surface area contributed by atoms with Crippen LogP contribution in [0.4, 0.5) is 0 Å². The number of likely N-dealkylation sites (N-methyl/N-ethyl adjacent to an activating group) is 1. The number of methoxy groups -OCH3 is 1. The predicted octanol–water partition coefficient (Wildman–Crippen LogP) is 5.76. The Morgan fingerprint density at radius 3 is 2.64 bits per heavy atom. The van der Waals surface area contributed by atoms with Crippen LogP contribution in [0.25, 0.3) is 0 Å². The summed E-state index contributed by atoms with van der Waals surface area (Å²) in [6.07, 6.45) is 18.5. The monoisotopic (exact) mass is 452 g/mol. The molecule has 1 fully saturated rings. The van der Waals surface area contributed by atoms with Crippen molar-refractivity contribution < 1.29 is 9.53 Å². The number of hydrogen-bond donors (Lipinski definition) is 2. The summed E-state index contributed by atoms with van der Waals surface area (Å²) in [5, 5.41) is 6.64. The van der Waals surface area contributed by atoms with Crippen LogP contribution in [-0.2, 0) is 9.53 Å². The van der Waals surface area contributed by atoms with Crippen molar-refractivity contribution in [3.8, 4) is 0 Å². The van der Waals surface area contributed by atoms with E-state index in [0.29, 0.717) is 11.8 Å². The molecule has 0 saturated heterocycles. The highest BCUT2D eigenvalue weighted by molar-refractivity contribution is 5.96. The van der Waals surface area contributed by atoms with E-state index in [0.717, 1.165) is 56.7 Å². The van der Waals surface area contributed by atoms with E-state index in [1.54, 1.807) is 7.11 Å². The van der Waals surface area contributed by atoms with Crippen molar-refractivity contribution in [2.24, 2.45) is 11.8 Å². The average molecular weight is 453 g/mol. The molecule has 0 spiro atoms. The number of rotatable bonds is 13. The van der Waals surface area contributed by atoms with Crippen molar-refractivity contribution in [2.45, 2.75) is 76.2 Å². The third-order valence-corrected chi connectivity index (χ3v) is 7.35. The topological polar surface area (TPSA) is 50.4 Å². The van der Waals surface area contributed by atoms with Crippen LogP contribution >= 0.6 is 0 Å². The van der Waals surface area contributed by atoms with E-state index >= 15 is 0 Å². The maximum Gasteiger partial charge on any atom is 0.251 e. The highest BCUT2D eigenvalue weighted by Crippen LogP contribution is 2.36. The van der Waals surface area contributed by atoms with Gasteiger partial charge in [-0.15, -0.1) is 0 Å². The van der Waals surface area contributed by atoms with Crippen LogP contribution in [0, 0.1) is 11.8 Å². The molecule has 1 amide bonds. The fourth-order valence-corrected chi connectivity index (χ4v) is 5.61. The van der Waals surface area contributed by atoms with Crippen molar-refractivity contribution in [3.05, 3.63) is 59.7 Å². The third kappa shape index (κ3) is 8.42. The molecular formula is C29H44N2O2. The number of hydrogen-bond acceptors (Lipinski definition) is 3. The highest BCUT2D eigenvalue weighted by atomic mass is 16.5. The van der Waals surface area contributed by atoms with E-state index < -0.39 is 0 Å². The summed E-state index contributed by atoms with van der Waals surface area (Å²) in [5.41, 5.74) is 2.20. The zero-order valence-corrected chi connectivity index (χ0v) is 20.7. The minimum Gasteiger partial charge on any atom is -0.385 e. The lowest BCUT2D eigenvalue weighted by atomic mass is 9.78. The van der Waals surface area contributed by atoms with E-state index in [1.807, 2.05) is 13.1 Å². The van der Waals surface area contributed by atoms with E-state index in [1.165, 1.54) is 37.7 Å². The highest BCUT2D eigenvalue weighted by Gasteiger charge is 2.26. The number of carbonyl (C=O) groups excluding carboxylic acids is 1. The molecule has 2 N–H and O–H groups in total. The molecule has 2 aliphatic rings. The second-order valence-corrected chi connectivity index (χ2v) is 9.90. The Labute approximate surface area is 201 Å². The van der Waals surface area contributed by atoms with Gasteiger partial charge in [-0.05, 0) is 56.0 Å². The number of allylic oxidation sites excluding steroid dienone is 2. The molecule has 1 saturated carbocycles. The Morgan fingerprint density at radius 2 is 1.91 bits per heavy atom. The molecule has 1 unspecified atom stereocenters. The molecular weight excluding hydrogens is 408 g/mol. The molecule has 0 heterocycles. The Bertz CT molecular complexity index is 752. The predicted molar refractivity (Wildman–Crippen MR) is 137 cm³/mol. The summed E-state index contributed by atoms with van der Waals surface area (Å²) >= 11 is 0. The molecule has 4 heteroatoms. The van der Waals surface area contributed by atoms with Crippen molar-refractivity contribution in [3.63, 3.8) is 0 Å². The minimum atomic E-state index is 0.0817. The van der Waals surface area contributed by atoms with Gasteiger partial charge >= 0.3 is 0 Å². The van der Waals surface area contributed by atoms with E-state index in [2.05, 4.69) is 53.1 Å². The van der Waals surface area contributed by atoms with Crippen molar-refractivity contribution in [2.75, 3.05) is 27.3 Å². The van der Waals surface area contributed by atoms with Gasteiger partial charge in [0.05, 0.1) is 0 Å². The lowest BCUT2D eigenvalue weighted by Crippen LogP contribution is -2.43. The lowest BCUT2D eigenvalue weighted by Gasteiger charge is -2.29. The standard InChI is InChI=1S/C29H44N2O2/c1-30-22-27(20-23-12-5-3-6-13-23)31-29(32)26-17-11-16-25(21-26)28(18-9-10-19-33-2)24-14-7-4-8-15-24/h4,7-8,11,14-15,17,21,23,25,27-28,30H,3,5-6,9-10,12-13,16,18-20,22H2,1-2H3,(H,31,32)/t25?,27-,28-/m0/s1. The summed E-state index contributed by atoms with van der Waals surface area (Å²) in [6.45, 7) is 1.64. The van der Waals surface area contributed by atoms with Gasteiger partial charge in [0.25, 0.3) is 5.91 Å². The number of benzene rings is 1. The van der Waals surface area contributed by atoms with Crippen LogP contribution in [0.3, 0.4) is 0 Å².